The summed E-state index contributed by atoms with van der Waals surface area (Å²) in [4.78, 5) is 37.5. The molecule has 0 radical (unpaired) electrons. The lowest BCUT2D eigenvalue weighted by Crippen LogP contribution is -2.68. The molecule has 3 aliphatic heterocycles. The van der Waals surface area contributed by atoms with Crippen molar-refractivity contribution in [1.29, 1.82) is 0 Å². The summed E-state index contributed by atoms with van der Waals surface area (Å²) in [6.45, 7) is 5.88. The predicted molar refractivity (Wildman–Crippen MR) is 183 cm³/mol. The number of hydrogen-bond donors (Lipinski definition) is 1. The maximum Gasteiger partial charge on any atom is 0.289 e. The van der Waals surface area contributed by atoms with Gasteiger partial charge in [0.2, 0.25) is 0 Å². The van der Waals surface area contributed by atoms with Crippen LogP contribution in [0.25, 0.3) is 22.1 Å². The highest BCUT2D eigenvalue weighted by Crippen LogP contribution is 2.42. The van der Waals surface area contributed by atoms with Crippen molar-refractivity contribution in [3.8, 4) is 11.8 Å². The molecule has 1 saturated carbocycles. The lowest BCUT2D eigenvalue weighted by atomic mass is 9.90. The number of nitrogens with one attached hydrogen (secondary N) is 1. The van der Waals surface area contributed by atoms with E-state index < -0.39 is 6.54 Å². The minimum absolute atomic E-state index is 0.0661. The number of furan rings is 1. The third kappa shape index (κ3) is 6.54. The zero-order chi connectivity index (χ0) is 34.0. The fourth-order valence-corrected chi connectivity index (χ4v) is 6.55. The van der Waals surface area contributed by atoms with Crippen LogP contribution in [0.5, 0.6) is 0 Å². The number of para-hydroxylation sites is 1. The van der Waals surface area contributed by atoms with Gasteiger partial charge in [-0.15, -0.1) is 0 Å². The second-order valence-corrected chi connectivity index (χ2v) is 12.7. The van der Waals surface area contributed by atoms with Crippen molar-refractivity contribution in [2.45, 2.75) is 50.2 Å². The van der Waals surface area contributed by atoms with E-state index in [0.717, 1.165) is 58.1 Å². The van der Waals surface area contributed by atoms with Crippen LogP contribution in [-0.4, -0.2) is 82.4 Å². The van der Waals surface area contributed by atoms with E-state index in [4.69, 9.17) is 28.7 Å². The molecule has 1 aromatic carbocycles. The van der Waals surface area contributed by atoms with Gasteiger partial charge in [0.05, 0.1) is 32.1 Å². The Kier molecular flexibility index (Phi) is 9.16. The fourth-order valence-electron chi connectivity index (χ4n) is 6.55. The second-order valence-electron chi connectivity index (χ2n) is 12.7. The molecule has 49 heavy (non-hydrogen) atoms. The molecule has 0 bridgehead atoms. The molecule has 7 heterocycles. The Hall–Kier alpha value is -5.06. The molecule has 5 aromatic rings. The van der Waals surface area contributed by atoms with Crippen molar-refractivity contribution < 1.29 is 23.1 Å². The van der Waals surface area contributed by atoms with E-state index in [1.165, 1.54) is 25.7 Å². The lowest BCUT2D eigenvalue weighted by molar-refractivity contribution is -0.228. The van der Waals surface area contributed by atoms with Gasteiger partial charge in [0.15, 0.2) is 11.4 Å². The number of H-pyrrole nitrogens is 1. The molecular formula is C36H38FN7O5. The summed E-state index contributed by atoms with van der Waals surface area (Å²) in [5, 5.41) is 5.21. The first kappa shape index (κ1) is 32.5. The molecule has 4 aliphatic rings. The van der Waals surface area contributed by atoms with Crippen LogP contribution in [0.4, 0.5) is 15.9 Å². The van der Waals surface area contributed by atoms with E-state index in [2.05, 4.69) is 44.7 Å². The van der Waals surface area contributed by atoms with Gasteiger partial charge in [0.1, 0.15) is 33.9 Å². The minimum atomic E-state index is -0.750. The number of morpholine rings is 1. The number of benzene rings is 1. The quantitative estimate of drug-likeness (QED) is 0.167. The number of nitrogens with zero attached hydrogens (tertiary/aromatic N) is 6. The van der Waals surface area contributed by atoms with Gasteiger partial charge >= 0.3 is 0 Å². The van der Waals surface area contributed by atoms with Crippen molar-refractivity contribution in [3.63, 3.8) is 0 Å². The summed E-state index contributed by atoms with van der Waals surface area (Å²) in [7, 11) is 1.85. The largest absolute Gasteiger partial charge is 0.450 e. The smallest absolute Gasteiger partial charge is 0.289 e. The first-order valence-electron chi connectivity index (χ1n) is 16.6. The van der Waals surface area contributed by atoms with Gasteiger partial charge in [0.25, 0.3) is 12.1 Å². The van der Waals surface area contributed by atoms with Crippen LogP contribution >= 0.6 is 0 Å². The van der Waals surface area contributed by atoms with E-state index in [0.29, 0.717) is 38.0 Å². The molecule has 0 amide bonds. The van der Waals surface area contributed by atoms with E-state index in [9.17, 15) is 9.18 Å². The van der Waals surface area contributed by atoms with Crippen molar-refractivity contribution >= 4 is 40.1 Å². The van der Waals surface area contributed by atoms with Crippen LogP contribution in [-0.2, 0) is 21.3 Å². The Morgan fingerprint density at radius 2 is 1.86 bits per heavy atom. The topological polar surface area (TPSA) is 132 Å². The molecule has 1 unspecified atom stereocenters. The first-order chi connectivity index (χ1) is 23.9. The monoisotopic (exact) mass is 667 g/mol. The summed E-state index contributed by atoms with van der Waals surface area (Å²) in [5.41, 5.74) is 4.55. The van der Waals surface area contributed by atoms with E-state index >= 15 is 0 Å². The van der Waals surface area contributed by atoms with E-state index in [1.54, 1.807) is 17.1 Å². The normalized spacial score (nSPS) is 19.4. The minimum Gasteiger partial charge on any atom is -0.450 e. The van der Waals surface area contributed by atoms with Crippen molar-refractivity contribution in [1.82, 2.24) is 24.7 Å². The Morgan fingerprint density at radius 1 is 1.08 bits per heavy atom. The van der Waals surface area contributed by atoms with Gasteiger partial charge in [-0.25, -0.2) is 9.97 Å². The number of halogens is 1. The van der Waals surface area contributed by atoms with Crippen LogP contribution < -0.4 is 15.4 Å². The summed E-state index contributed by atoms with van der Waals surface area (Å²) in [6, 6.07) is 11.9. The van der Waals surface area contributed by atoms with Crippen LogP contribution in [0.3, 0.4) is 0 Å². The van der Waals surface area contributed by atoms with Gasteiger partial charge in [-0.05, 0) is 62.8 Å². The number of aromatic nitrogens is 5. The Bertz CT molecular complexity index is 2080. The van der Waals surface area contributed by atoms with E-state index in [1.807, 2.05) is 37.4 Å². The SMILES string of the molecule is CC1N(c2cc(C#Cc3ccnn3C)c[nH]c2=O)CCOC12COC2.O=CF.c1ccc2c(c1)oc1c(N3CCCC3)nc(C3CC3)nc12. The van der Waals surface area contributed by atoms with Crippen molar-refractivity contribution in [2.75, 3.05) is 49.3 Å². The number of fused-ring (bicyclic) bond motifs is 3. The highest BCUT2D eigenvalue weighted by atomic mass is 19.1. The number of carbonyl (C=O) groups excluding carboxylic acids is 1. The molecule has 9 rings (SSSR count). The molecule has 1 atom stereocenters. The zero-order valence-corrected chi connectivity index (χ0v) is 27.5. The number of pyridine rings is 1. The second kappa shape index (κ2) is 13.8. The number of aromatic amines is 1. The molecule has 13 heteroatoms. The van der Waals surface area contributed by atoms with Crippen molar-refractivity contribution in [3.05, 3.63) is 76.2 Å². The van der Waals surface area contributed by atoms with Gasteiger partial charge < -0.3 is 28.7 Å². The molecule has 254 valence electrons. The third-order valence-electron chi connectivity index (χ3n) is 9.56. The molecule has 1 spiro atoms. The highest BCUT2D eigenvalue weighted by Gasteiger charge is 2.50. The average molecular weight is 668 g/mol. The van der Waals surface area contributed by atoms with Crippen LogP contribution in [0.2, 0.25) is 0 Å². The summed E-state index contributed by atoms with van der Waals surface area (Å²) >= 11 is 0. The summed E-state index contributed by atoms with van der Waals surface area (Å²) in [6.07, 6.45) is 8.27. The third-order valence-corrected chi connectivity index (χ3v) is 9.56. The fraction of sp³-hybridized carbons (Fsp3) is 0.417. The molecule has 3 saturated heterocycles. The molecule has 12 nitrogen and oxygen atoms in total. The highest BCUT2D eigenvalue weighted by molar-refractivity contribution is 6.05. The van der Waals surface area contributed by atoms with Crippen LogP contribution in [0.1, 0.15) is 55.6 Å². The van der Waals surface area contributed by atoms with Crippen LogP contribution in [0.15, 0.2) is 58.0 Å². The Labute approximate surface area is 282 Å². The van der Waals surface area contributed by atoms with E-state index in [-0.39, 0.29) is 17.2 Å². The molecule has 1 aliphatic carbocycles. The number of anilines is 2. The number of ether oxygens (including phenoxy) is 2. The Morgan fingerprint density at radius 3 is 2.55 bits per heavy atom. The molecular weight excluding hydrogens is 629 g/mol. The predicted octanol–water partition coefficient (Wildman–Crippen LogP) is 4.50. The zero-order valence-electron chi connectivity index (χ0n) is 27.5. The van der Waals surface area contributed by atoms with Gasteiger partial charge in [-0.1, -0.05) is 18.1 Å². The number of rotatable bonds is 3. The number of hydrogen-bond acceptors (Lipinski definition) is 10. The van der Waals surface area contributed by atoms with Gasteiger partial charge in [-0.2, -0.15) is 9.49 Å². The van der Waals surface area contributed by atoms with Gasteiger partial charge in [-0.3, -0.25) is 14.3 Å². The van der Waals surface area contributed by atoms with Crippen LogP contribution in [0, 0.1) is 11.8 Å². The Balaban J connectivity index is 0.000000145. The molecule has 4 fully saturated rings. The average Bonchev–Trinajstić information content (AvgIpc) is 3.44. The maximum atomic E-state index is 12.4. The summed E-state index contributed by atoms with van der Waals surface area (Å²) in [5.74, 6) is 8.75. The van der Waals surface area contributed by atoms with Gasteiger partial charge in [0, 0.05) is 49.7 Å². The first-order valence-corrected chi connectivity index (χ1v) is 16.6. The number of carbonyl (C=O) groups is 1. The summed E-state index contributed by atoms with van der Waals surface area (Å²) < 4.78 is 28.7. The standard InChI is InChI=1S/C18H20N4O3.C17H17N3O.CHFO/c1-13-18(11-24-12-18)25-8-7-22(13)16-9-14(10-19-17(16)23)3-4-15-5-6-20-21(15)2;1-2-6-13-12(5-1)14-15(21-13)17(20-9-3-4-10-20)19-16(18-14)11-7-8-11;2-1-3/h5-6,9-10,13H,7-8,11-12H2,1-2H3,(H,19,23);1-2,5-6,11H,3-4,7-10H2;1H. The maximum absolute atomic E-state index is 12.4. The number of aryl methyl sites for hydroxylation is 1. The lowest BCUT2D eigenvalue weighted by Gasteiger charge is -2.53. The molecule has 1 N–H and O–H groups in total. The molecule has 4 aromatic heterocycles. The van der Waals surface area contributed by atoms with Crippen molar-refractivity contribution in [2.24, 2.45) is 7.05 Å².